The van der Waals surface area contributed by atoms with Gasteiger partial charge in [0.05, 0.1) is 43.6 Å². The molecule has 2 rings (SSSR count). The summed E-state index contributed by atoms with van der Waals surface area (Å²) in [5, 5.41) is 49.9. The van der Waals surface area contributed by atoms with Crippen LogP contribution in [0.2, 0.25) is 0 Å². The van der Waals surface area contributed by atoms with Gasteiger partial charge in [0, 0.05) is 24.7 Å². The third kappa shape index (κ3) is 11.7. The lowest BCUT2D eigenvalue weighted by molar-refractivity contribution is -0.146. The molecule has 41 heavy (non-hydrogen) atoms. The van der Waals surface area contributed by atoms with Crippen LogP contribution in [0.4, 0.5) is 5.69 Å². The van der Waals surface area contributed by atoms with E-state index in [2.05, 4.69) is 22.4 Å². The van der Waals surface area contributed by atoms with E-state index in [0.717, 1.165) is 0 Å². The number of carboxylic acids is 5. The number of aliphatic carboxylic acids is 5. The number of benzene rings is 1. The van der Waals surface area contributed by atoms with Gasteiger partial charge in [-0.2, -0.15) is 4.99 Å². The van der Waals surface area contributed by atoms with Gasteiger partial charge in [0.1, 0.15) is 0 Å². The highest BCUT2D eigenvalue weighted by Crippen LogP contribution is 2.28. The van der Waals surface area contributed by atoms with Gasteiger partial charge in [-0.25, -0.2) is 0 Å². The number of isothiocyanates is 1. The fourth-order valence-corrected chi connectivity index (χ4v) is 5.45. The van der Waals surface area contributed by atoms with Crippen molar-refractivity contribution in [1.29, 1.82) is 0 Å². The molecule has 1 fully saturated rings. The molecule has 1 saturated carbocycles. The number of carboxylic acid groups (broad SMARTS) is 5. The normalized spacial score (nSPS) is 17.6. The van der Waals surface area contributed by atoms with E-state index in [9.17, 15) is 49.5 Å². The maximum atomic E-state index is 12.0. The number of thiocarbonyl (C=S) groups is 1. The molecule has 0 bridgehead atoms. The number of rotatable bonds is 18. The molecule has 1 aliphatic carbocycles. The molecule has 0 saturated heterocycles. The summed E-state index contributed by atoms with van der Waals surface area (Å²) in [6, 6.07) is 4.79. The lowest BCUT2D eigenvalue weighted by atomic mass is 9.87. The van der Waals surface area contributed by atoms with Crippen LogP contribution in [0.5, 0.6) is 0 Å². The van der Waals surface area contributed by atoms with Crippen molar-refractivity contribution in [3.05, 3.63) is 29.8 Å². The lowest BCUT2D eigenvalue weighted by Crippen LogP contribution is -2.59. The Hall–Kier alpha value is -3.75. The molecule has 1 aliphatic rings. The number of hydrogen-bond donors (Lipinski definition) is 5. The fraction of sp³-hybridized carbons (Fsp3) is 0.538. The van der Waals surface area contributed by atoms with Gasteiger partial charge in [-0.3, -0.25) is 38.7 Å². The van der Waals surface area contributed by atoms with Crippen molar-refractivity contribution in [2.75, 3.05) is 39.3 Å². The highest BCUT2D eigenvalue weighted by atomic mass is 32.1. The van der Waals surface area contributed by atoms with E-state index in [0.29, 0.717) is 36.9 Å². The van der Waals surface area contributed by atoms with Crippen LogP contribution >= 0.6 is 12.2 Å². The van der Waals surface area contributed by atoms with Crippen molar-refractivity contribution in [3.8, 4) is 0 Å². The predicted octanol–water partition coefficient (Wildman–Crippen LogP) is 0.972. The maximum absolute atomic E-state index is 12.0. The zero-order chi connectivity index (χ0) is 30.5. The molecular weight excluding hydrogens is 560 g/mol. The molecule has 0 amide bonds. The molecule has 1 aromatic rings. The van der Waals surface area contributed by atoms with Gasteiger partial charge in [-0.05, 0) is 49.2 Å². The summed E-state index contributed by atoms with van der Waals surface area (Å²) in [6.07, 6.45) is 2.40. The molecule has 0 aromatic heterocycles. The van der Waals surface area contributed by atoms with Gasteiger partial charge in [-0.1, -0.05) is 25.0 Å². The monoisotopic (exact) mass is 594 g/mol. The lowest BCUT2D eigenvalue weighted by Gasteiger charge is -2.45. The summed E-state index contributed by atoms with van der Waals surface area (Å²) in [4.78, 5) is 66.5. The molecule has 224 valence electrons. The van der Waals surface area contributed by atoms with E-state index >= 15 is 0 Å². The van der Waals surface area contributed by atoms with Crippen LogP contribution in [0.1, 0.15) is 31.2 Å². The van der Waals surface area contributed by atoms with Gasteiger partial charge < -0.3 is 25.5 Å². The molecule has 0 aliphatic heterocycles. The average Bonchev–Trinajstić information content (AvgIpc) is 2.87. The summed E-state index contributed by atoms with van der Waals surface area (Å²) in [6.45, 7) is -2.92. The van der Waals surface area contributed by atoms with Crippen molar-refractivity contribution < 1.29 is 49.5 Å². The summed E-state index contributed by atoms with van der Waals surface area (Å²) in [5.41, 5.74) is 1.23. The largest absolute Gasteiger partial charge is 0.480 e. The highest BCUT2D eigenvalue weighted by molar-refractivity contribution is 7.78. The van der Waals surface area contributed by atoms with Crippen molar-refractivity contribution in [2.45, 2.75) is 50.2 Å². The fourth-order valence-electron chi connectivity index (χ4n) is 5.35. The Morgan fingerprint density at radius 2 is 1.20 bits per heavy atom. The maximum Gasteiger partial charge on any atom is 0.317 e. The van der Waals surface area contributed by atoms with Crippen LogP contribution < -0.4 is 0 Å². The van der Waals surface area contributed by atoms with Gasteiger partial charge >= 0.3 is 29.8 Å². The molecular formula is C26H34N4O10S. The number of nitrogens with zero attached hydrogens (tertiary/aromatic N) is 4. The molecule has 1 aromatic carbocycles. The Labute approximate surface area is 241 Å². The zero-order valence-electron chi connectivity index (χ0n) is 22.3. The van der Waals surface area contributed by atoms with Crippen LogP contribution in [0.25, 0.3) is 0 Å². The minimum absolute atomic E-state index is 0.0676. The number of carbonyl (C=O) groups is 5. The van der Waals surface area contributed by atoms with Crippen LogP contribution in [0, 0.1) is 0 Å². The van der Waals surface area contributed by atoms with Crippen molar-refractivity contribution in [3.63, 3.8) is 0 Å². The SMILES string of the molecule is O=C(O)CN(CC(=O)O)[C@@H](Cc1ccc(N=C=S)cc1)CN(CC(=O)O)[C@H]1CCCC[C@@H]1N(CC(=O)O)CC(=O)O. The summed E-state index contributed by atoms with van der Waals surface area (Å²) in [5.74, 6) is -6.18. The van der Waals surface area contributed by atoms with Gasteiger partial charge in [0.25, 0.3) is 0 Å². The molecule has 14 nitrogen and oxygen atoms in total. The molecule has 15 heteroatoms. The van der Waals surface area contributed by atoms with Crippen LogP contribution in [0.3, 0.4) is 0 Å². The zero-order valence-corrected chi connectivity index (χ0v) is 23.1. The number of aliphatic imine (C=N–C) groups is 1. The van der Waals surface area contributed by atoms with E-state index in [1.165, 1.54) is 9.80 Å². The van der Waals surface area contributed by atoms with Crippen molar-refractivity contribution >= 4 is 52.9 Å². The Morgan fingerprint density at radius 1 is 0.756 bits per heavy atom. The highest BCUT2D eigenvalue weighted by Gasteiger charge is 2.38. The van der Waals surface area contributed by atoms with E-state index in [-0.39, 0.29) is 13.0 Å². The third-order valence-corrected chi connectivity index (χ3v) is 6.96. The topological polar surface area (TPSA) is 209 Å². The minimum Gasteiger partial charge on any atom is -0.480 e. The summed E-state index contributed by atoms with van der Waals surface area (Å²) < 4.78 is 0. The first-order chi connectivity index (χ1) is 19.4. The van der Waals surface area contributed by atoms with Crippen LogP contribution in [-0.4, -0.2) is 133 Å². The molecule has 0 unspecified atom stereocenters. The molecule has 0 radical (unpaired) electrons. The number of hydrogen-bond acceptors (Lipinski definition) is 10. The Morgan fingerprint density at radius 3 is 1.63 bits per heavy atom. The van der Waals surface area contributed by atoms with Crippen LogP contribution in [0.15, 0.2) is 29.3 Å². The Kier molecular flexibility index (Phi) is 13.5. The van der Waals surface area contributed by atoms with Crippen molar-refractivity contribution in [1.82, 2.24) is 14.7 Å². The standard InChI is InChI=1S/C26H34N4O10S/c31-22(32)11-28(12-23(33)34)19(9-17-5-7-18(8-6-17)27-16-41)10-29(13-24(35)36)20-3-1-2-4-21(20)30(14-25(37)38)15-26(39)40/h5-8,19-21H,1-4,9-15H2,(H,31,32)(H,33,34)(H,35,36)(H,37,38)(H,39,40)/t19-,20-,21-/m0/s1. The molecule has 0 spiro atoms. The summed E-state index contributed by atoms with van der Waals surface area (Å²) in [7, 11) is 0. The smallest absolute Gasteiger partial charge is 0.317 e. The minimum atomic E-state index is -1.27. The van der Waals surface area contributed by atoms with E-state index in [1.54, 1.807) is 29.2 Å². The molecule has 5 N–H and O–H groups in total. The Balaban J connectivity index is 2.51. The second-order valence-electron chi connectivity index (χ2n) is 9.85. The second kappa shape index (κ2) is 16.5. The molecule has 0 heterocycles. The van der Waals surface area contributed by atoms with Crippen molar-refractivity contribution in [2.24, 2.45) is 4.99 Å². The van der Waals surface area contributed by atoms with E-state index in [4.69, 9.17) is 0 Å². The average molecular weight is 595 g/mol. The predicted molar refractivity (Wildman–Crippen MR) is 148 cm³/mol. The van der Waals surface area contributed by atoms with Gasteiger partial charge in [0.2, 0.25) is 0 Å². The summed E-state index contributed by atoms with van der Waals surface area (Å²) >= 11 is 4.61. The quantitative estimate of drug-likeness (QED) is 0.119. The van der Waals surface area contributed by atoms with E-state index < -0.39 is 80.7 Å². The first-order valence-corrected chi connectivity index (χ1v) is 13.3. The first-order valence-electron chi connectivity index (χ1n) is 12.9. The first kappa shape index (κ1) is 33.5. The van der Waals surface area contributed by atoms with Gasteiger partial charge in [-0.15, -0.1) is 0 Å². The van der Waals surface area contributed by atoms with Gasteiger partial charge in [0.15, 0.2) is 0 Å². The second-order valence-corrected chi connectivity index (χ2v) is 10.0. The van der Waals surface area contributed by atoms with Crippen LogP contribution in [-0.2, 0) is 30.4 Å². The molecule has 3 atom stereocenters. The Bertz CT molecular complexity index is 1110. The van der Waals surface area contributed by atoms with E-state index in [1.807, 2.05) is 0 Å². The third-order valence-electron chi connectivity index (χ3n) is 6.87.